The molecule has 1 aliphatic carbocycles. The molecule has 1 aromatic heterocycles. The maximum atomic E-state index is 2.45. The fourth-order valence-corrected chi connectivity index (χ4v) is 9.45. The summed E-state index contributed by atoms with van der Waals surface area (Å²) in [6.45, 7) is 0. The van der Waals surface area contributed by atoms with Crippen LogP contribution in [-0.2, 0) is 0 Å². The third-order valence-corrected chi connectivity index (χ3v) is 12.1. The minimum absolute atomic E-state index is 1.10. The smallest absolute Gasteiger partial charge is 0.0547 e. The summed E-state index contributed by atoms with van der Waals surface area (Å²) in [5.74, 6) is 0. The number of para-hydroxylation sites is 2. The molecule has 0 bridgehead atoms. The van der Waals surface area contributed by atoms with E-state index in [0.29, 0.717) is 0 Å². The highest BCUT2D eigenvalue weighted by Gasteiger charge is 2.24. The zero-order valence-corrected chi connectivity index (χ0v) is 31.7. The lowest BCUT2D eigenvalue weighted by Gasteiger charge is -2.27. The molecule has 2 nitrogen and oxygen atoms in total. The Morgan fingerprint density at radius 3 is 1.78 bits per heavy atom. The van der Waals surface area contributed by atoms with Gasteiger partial charge in [-0.2, -0.15) is 0 Å². The molecule has 11 aromatic rings. The van der Waals surface area contributed by atoms with Crippen molar-refractivity contribution in [1.29, 1.82) is 0 Å². The van der Waals surface area contributed by atoms with E-state index in [1.807, 2.05) is 0 Å². The van der Waals surface area contributed by atoms with Crippen molar-refractivity contribution < 1.29 is 0 Å². The Kier molecular flexibility index (Phi) is 7.26. The Bertz CT molecular complexity index is 3390. The molecule has 0 aliphatic heterocycles. The zero-order chi connectivity index (χ0) is 38.2. The second-order valence-electron chi connectivity index (χ2n) is 15.3. The van der Waals surface area contributed by atoms with E-state index in [2.05, 4.69) is 228 Å². The number of rotatable bonds is 6. The van der Waals surface area contributed by atoms with Crippen molar-refractivity contribution in [3.05, 3.63) is 218 Å². The van der Waals surface area contributed by atoms with E-state index >= 15 is 0 Å². The van der Waals surface area contributed by atoms with Gasteiger partial charge < -0.3 is 9.47 Å². The maximum absolute atomic E-state index is 2.45. The zero-order valence-electron chi connectivity index (χ0n) is 31.7. The van der Waals surface area contributed by atoms with E-state index < -0.39 is 0 Å². The predicted octanol–water partition coefficient (Wildman–Crippen LogP) is 15.5. The number of aromatic nitrogens is 1. The Labute approximate surface area is 337 Å². The van der Waals surface area contributed by atoms with E-state index in [-0.39, 0.29) is 0 Å². The fraction of sp³-hybridized carbons (Fsp3) is 0. The van der Waals surface area contributed by atoms with E-state index in [4.69, 9.17) is 0 Å². The number of benzene rings is 10. The third-order valence-electron chi connectivity index (χ3n) is 12.1. The summed E-state index contributed by atoms with van der Waals surface area (Å²) >= 11 is 0. The molecule has 0 atom stereocenters. The van der Waals surface area contributed by atoms with E-state index in [9.17, 15) is 0 Å². The second-order valence-corrected chi connectivity index (χ2v) is 15.3. The van der Waals surface area contributed by atoms with Crippen molar-refractivity contribution in [2.24, 2.45) is 0 Å². The molecule has 270 valence electrons. The number of nitrogens with zero attached hydrogens (tertiary/aromatic N) is 2. The largest absolute Gasteiger partial charge is 0.310 e. The molecule has 0 amide bonds. The Morgan fingerprint density at radius 2 is 0.931 bits per heavy atom. The van der Waals surface area contributed by atoms with Gasteiger partial charge in [-0.3, -0.25) is 0 Å². The van der Waals surface area contributed by atoms with Crippen LogP contribution in [0.4, 0.5) is 17.1 Å². The van der Waals surface area contributed by atoms with Gasteiger partial charge in [0.05, 0.1) is 16.7 Å². The van der Waals surface area contributed by atoms with Crippen molar-refractivity contribution in [2.45, 2.75) is 0 Å². The molecule has 0 unspecified atom stereocenters. The highest BCUT2D eigenvalue weighted by Crippen LogP contribution is 2.50. The third kappa shape index (κ3) is 5.05. The van der Waals surface area contributed by atoms with E-state index in [0.717, 1.165) is 22.7 Å². The van der Waals surface area contributed by atoms with Gasteiger partial charge in [-0.05, 0) is 121 Å². The minimum Gasteiger partial charge on any atom is -0.310 e. The summed E-state index contributed by atoms with van der Waals surface area (Å²) in [6, 6.07) is 80.0. The topological polar surface area (TPSA) is 8.17 Å². The van der Waals surface area contributed by atoms with Gasteiger partial charge in [0, 0.05) is 33.4 Å². The molecule has 58 heavy (non-hydrogen) atoms. The Morgan fingerprint density at radius 1 is 0.293 bits per heavy atom. The molecule has 12 rings (SSSR count). The molecule has 0 radical (unpaired) electrons. The van der Waals surface area contributed by atoms with Crippen molar-refractivity contribution in [1.82, 2.24) is 4.57 Å². The lowest BCUT2D eigenvalue weighted by atomic mass is 9.99. The summed E-state index contributed by atoms with van der Waals surface area (Å²) in [4.78, 5) is 2.42. The molecule has 10 aromatic carbocycles. The van der Waals surface area contributed by atoms with Crippen LogP contribution in [0.2, 0.25) is 0 Å². The van der Waals surface area contributed by atoms with Crippen LogP contribution in [0.15, 0.2) is 218 Å². The summed E-state index contributed by atoms with van der Waals surface area (Å²) < 4.78 is 2.45. The van der Waals surface area contributed by atoms with Crippen LogP contribution in [-0.4, -0.2) is 4.57 Å². The first-order chi connectivity index (χ1) is 28.8. The van der Waals surface area contributed by atoms with Gasteiger partial charge in [-0.25, -0.2) is 0 Å². The van der Waals surface area contributed by atoms with E-state index in [1.54, 1.807) is 0 Å². The molecule has 2 heteroatoms. The van der Waals surface area contributed by atoms with Crippen LogP contribution in [0.25, 0.3) is 93.5 Å². The fourth-order valence-electron chi connectivity index (χ4n) is 9.45. The van der Waals surface area contributed by atoms with Gasteiger partial charge in [0.25, 0.3) is 0 Å². The summed E-state index contributed by atoms with van der Waals surface area (Å²) in [5, 5.41) is 7.59. The van der Waals surface area contributed by atoms with E-state index in [1.165, 1.54) is 87.9 Å². The first-order valence-electron chi connectivity index (χ1n) is 20.0. The molecule has 0 N–H and O–H groups in total. The monoisotopic (exact) mass is 736 g/mol. The molecule has 0 saturated carbocycles. The first-order valence-corrected chi connectivity index (χ1v) is 20.0. The van der Waals surface area contributed by atoms with Crippen LogP contribution < -0.4 is 4.90 Å². The lowest BCUT2D eigenvalue weighted by molar-refractivity contribution is 1.18. The van der Waals surface area contributed by atoms with Crippen LogP contribution in [0.3, 0.4) is 0 Å². The number of anilines is 3. The quantitative estimate of drug-likeness (QED) is 0.165. The van der Waals surface area contributed by atoms with Crippen LogP contribution >= 0.6 is 0 Å². The van der Waals surface area contributed by atoms with Gasteiger partial charge in [0.15, 0.2) is 0 Å². The van der Waals surface area contributed by atoms with Crippen LogP contribution in [0.5, 0.6) is 0 Å². The van der Waals surface area contributed by atoms with Crippen molar-refractivity contribution in [3.63, 3.8) is 0 Å². The summed E-state index contributed by atoms with van der Waals surface area (Å²) in [6.07, 6.45) is 0. The van der Waals surface area contributed by atoms with Crippen molar-refractivity contribution in [3.8, 4) is 50.2 Å². The Hall–Kier alpha value is -7.68. The summed E-state index contributed by atoms with van der Waals surface area (Å²) in [5.41, 5.74) is 16.8. The minimum atomic E-state index is 1.10. The normalized spacial score (nSPS) is 11.8. The van der Waals surface area contributed by atoms with Crippen LogP contribution in [0.1, 0.15) is 0 Å². The molecule has 0 fully saturated rings. The van der Waals surface area contributed by atoms with Crippen molar-refractivity contribution >= 4 is 60.4 Å². The SMILES string of the molecule is c1ccc(-c2cccc(N(c3ccc(-c4ccccc4-n4c5ccccc5c5cc6ccccc6cc54)cc3)c3cc4c5c(cccc5c3)-c3ccccc3-4)c2)cc1. The first kappa shape index (κ1) is 32.6. The van der Waals surface area contributed by atoms with Crippen molar-refractivity contribution in [2.75, 3.05) is 4.90 Å². The highest BCUT2D eigenvalue weighted by atomic mass is 15.1. The average Bonchev–Trinajstić information content (AvgIpc) is 3.79. The van der Waals surface area contributed by atoms with Gasteiger partial charge in [-0.15, -0.1) is 0 Å². The maximum Gasteiger partial charge on any atom is 0.0547 e. The number of hydrogen-bond donors (Lipinski definition) is 0. The molecular formula is C56H36N2. The lowest BCUT2D eigenvalue weighted by Crippen LogP contribution is -2.10. The molecular weight excluding hydrogens is 701 g/mol. The molecule has 1 aliphatic rings. The number of hydrogen-bond acceptors (Lipinski definition) is 1. The van der Waals surface area contributed by atoms with Gasteiger partial charge >= 0.3 is 0 Å². The van der Waals surface area contributed by atoms with Gasteiger partial charge in [0.1, 0.15) is 0 Å². The molecule has 0 spiro atoms. The van der Waals surface area contributed by atoms with Gasteiger partial charge in [-0.1, -0.05) is 158 Å². The van der Waals surface area contributed by atoms with Gasteiger partial charge in [0.2, 0.25) is 0 Å². The molecule has 0 saturated heterocycles. The number of fused-ring (bicyclic) bond motifs is 7. The molecule has 1 heterocycles. The van der Waals surface area contributed by atoms with Crippen LogP contribution in [0, 0.1) is 0 Å². The second kappa shape index (κ2) is 12.9. The Balaban J connectivity index is 1.03. The predicted molar refractivity (Wildman–Crippen MR) is 246 cm³/mol. The summed E-state index contributed by atoms with van der Waals surface area (Å²) in [7, 11) is 0. The standard InChI is InChI=1S/C56H36N2/c1-2-14-37(15-3-1)39-18-12-20-44(32-39)57(45-33-42-19-13-25-50-47-22-6-7-23-48(47)52(36-45)56(42)50)43-30-28-38(29-31-43)46-21-8-10-26-53(46)58-54-27-11-9-24-49(54)51-34-40-16-4-5-17-41(40)35-55(51)58/h1-36H. The average molecular weight is 737 g/mol. The highest BCUT2D eigenvalue weighted by molar-refractivity contribution is 6.17.